The molecule has 0 amide bonds. The summed E-state index contributed by atoms with van der Waals surface area (Å²) in [4.78, 5) is 3.92. The number of hydrogen-bond acceptors (Lipinski definition) is 2. The lowest BCUT2D eigenvalue weighted by atomic mass is 10.2. The van der Waals surface area contributed by atoms with Crippen LogP contribution in [0.4, 0.5) is 8.78 Å². The lowest BCUT2D eigenvalue weighted by Gasteiger charge is -2.09. The maximum Gasteiger partial charge on any atom is 0.267 e. The van der Waals surface area contributed by atoms with Gasteiger partial charge in [-0.05, 0) is 31.2 Å². The smallest absolute Gasteiger partial charge is 0.219 e. The normalized spacial score (nSPS) is 10.9. The van der Waals surface area contributed by atoms with Gasteiger partial charge >= 0.3 is 0 Å². The Hall–Kier alpha value is -1.75. The van der Waals surface area contributed by atoms with Crippen molar-refractivity contribution < 1.29 is 8.78 Å². The van der Waals surface area contributed by atoms with Gasteiger partial charge in [-0.3, -0.25) is 0 Å². The summed E-state index contributed by atoms with van der Waals surface area (Å²) in [6.07, 6.45) is -1.10. The molecule has 0 radical (unpaired) electrons. The molecule has 2 aromatic rings. The third kappa shape index (κ3) is 2.26. The van der Waals surface area contributed by atoms with Crippen LogP contribution in [-0.4, -0.2) is 14.8 Å². The van der Waals surface area contributed by atoms with E-state index in [0.29, 0.717) is 11.4 Å². The minimum absolute atomic E-state index is 0.0445. The Labute approximate surface area is 108 Å². The standard InChI is InChI=1S/C12H10ClF2N3/c1-3-8-6-7(2)18(17-8)12-9(11(14)15)4-5-10(13)16-12/h3-6,11H,1H2,2H3. The Morgan fingerprint density at radius 1 is 1.44 bits per heavy atom. The van der Waals surface area contributed by atoms with Gasteiger partial charge in [0.15, 0.2) is 5.82 Å². The fraction of sp³-hybridized carbons (Fsp3) is 0.167. The van der Waals surface area contributed by atoms with Crippen LogP contribution in [0.25, 0.3) is 11.9 Å². The van der Waals surface area contributed by atoms with E-state index in [-0.39, 0.29) is 16.5 Å². The van der Waals surface area contributed by atoms with E-state index in [4.69, 9.17) is 11.6 Å². The molecule has 0 spiro atoms. The van der Waals surface area contributed by atoms with Crippen LogP contribution in [0.15, 0.2) is 24.8 Å². The van der Waals surface area contributed by atoms with Crippen molar-refractivity contribution in [3.63, 3.8) is 0 Å². The average Bonchev–Trinajstić information content (AvgIpc) is 2.70. The van der Waals surface area contributed by atoms with Crippen molar-refractivity contribution in [1.29, 1.82) is 0 Å². The van der Waals surface area contributed by atoms with Gasteiger partial charge in [0, 0.05) is 5.69 Å². The molecule has 18 heavy (non-hydrogen) atoms. The summed E-state index contributed by atoms with van der Waals surface area (Å²) in [7, 11) is 0. The van der Waals surface area contributed by atoms with E-state index in [9.17, 15) is 8.78 Å². The predicted molar refractivity (Wildman–Crippen MR) is 66.2 cm³/mol. The molecule has 0 fully saturated rings. The SMILES string of the molecule is C=Cc1cc(C)n(-c2nc(Cl)ccc2C(F)F)n1. The molecular weight excluding hydrogens is 260 g/mol. The maximum atomic E-state index is 12.9. The highest BCUT2D eigenvalue weighted by molar-refractivity contribution is 6.29. The molecule has 0 saturated heterocycles. The fourth-order valence-corrected chi connectivity index (χ4v) is 1.73. The van der Waals surface area contributed by atoms with Crippen LogP contribution < -0.4 is 0 Å². The minimum atomic E-state index is -2.64. The predicted octanol–water partition coefficient (Wildman–Crippen LogP) is 3.81. The number of aromatic nitrogens is 3. The van der Waals surface area contributed by atoms with Crippen LogP contribution in [0, 0.1) is 6.92 Å². The van der Waals surface area contributed by atoms with Crippen molar-refractivity contribution in [1.82, 2.24) is 14.8 Å². The van der Waals surface area contributed by atoms with E-state index < -0.39 is 6.43 Å². The van der Waals surface area contributed by atoms with Crippen molar-refractivity contribution in [2.24, 2.45) is 0 Å². The van der Waals surface area contributed by atoms with E-state index in [2.05, 4.69) is 16.7 Å². The van der Waals surface area contributed by atoms with Crippen LogP contribution in [0.5, 0.6) is 0 Å². The molecule has 0 unspecified atom stereocenters. The molecule has 94 valence electrons. The number of pyridine rings is 1. The molecule has 0 N–H and O–H groups in total. The Morgan fingerprint density at radius 2 is 2.17 bits per heavy atom. The van der Waals surface area contributed by atoms with E-state index in [1.807, 2.05) is 0 Å². The van der Waals surface area contributed by atoms with Crippen LogP contribution in [-0.2, 0) is 0 Å². The Balaban J connectivity index is 2.64. The first-order valence-electron chi connectivity index (χ1n) is 5.17. The van der Waals surface area contributed by atoms with Gasteiger partial charge in [0.05, 0.1) is 11.3 Å². The lowest BCUT2D eigenvalue weighted by Crippen LogP contribution is -2.06. The first-order chi connectivity index (χ1) is 8.52. The van der Waals surface area contributed by atoms with Crippen molar-refractivity contribution in [2.75, 3.05) is 0 Å². The summed E-state index contributed by atoms with van der Waals surface area (Å²) >= 11 is 5.75. The molecule has 2 rings (SSSR count). The largest absolute Gasteiger partial charge is 0.267 e. The summed E-state index contributed by atoms with van der Waals surface area (Å²) < 4.78 is 27.2. The molecule has 0 aromatic carbocycles. The number of halogens is 3. The molecule has 0 bridgehead atoms. The van der Waals surface area contributed by atoms with Gasteiger partial charge < -0.3 is 0 Å². The molecule has 6 heteroatoms. The summed E-state index contributed by atoms with van der Waals surface area (Å²) in [5.74, 6) is 0.0445. The van der Waals surface area contributed by atoms with Crippen LogP contribution in [0.2, 0.25) is 5.15 Å². The lowest BCUT2D eigenvalue weighted by molar-refractivity contribution is 0.150. The van der Waals surface area contributed by atoms with Gasteiger partial charge in [0.25, 0.3) is 6.43 Å². The molecule has 0 aliphatic carbocycles. The highest BCUT2D eigenvalue weighted by Gasteiger charge is 2.18. The highest BCUT2D eigenvalue weighted by atomic mass is 35.5. The quantitative estimate of drug-likeness (QED) is 0.793. The molecule has 0 aliphatic rings. The second-order valence-corrected chi connectivity index (χ2v) is 4.06. The van der Waals surface area contributed by atoms with Crippen LogP contribution in [0.3, 0.4) is 0 Å². The highest BCUT2D eigenvalue weighted by Crippen LogP contribution is 2.26. The topological polar surface area (TPSA) is 30.7 Å². The van der Waals surface area contributed by atoms with E-state index in [0.717, 1.165) is 0 Å². The number of rotatable bonds is 3. The van der Waals surface area contributed by atoms with Crippen molar-refractivity contribution in [3.05, 3.63) is 46.9 Å². The van der Waals surface area contributed by atoms with Crippen molar-refractivity contribution in [3.8, 4) is 5.82 Å². The average molecular weight is 270 g/mol. The first-order valence-corrected chi connectivity index (χ1v) is 5.55. The Kier molecular flexibility index (Phi) is 3.43. The molecule has 0 aliphatic heterocycles. The number of hydrogen-bond donors (Lipinski definition) is 0. The second kappa shape index (κ2) is 4.86. The third-order valence-corrected chi connectivity index (χ3v) is 2.63. The van der Waals surface area contributed by atoms with E-state index in [1.54, 1.807) is 13.0 Å². The van der Waals surface area contributed by atoms with Crippen molar-refractivity contribution in [2.45, 2.75) is 13.3 Å². The van der Waals surface area contributed by atoms with Gasteiger partial charge in [0.2, 0.25) is 0 Å². The van der Waals surface area contributed by atoms with Crippen LogP contribution in [0.1, 0.15) is 23.4 Å². The molecule has 0 saturated carbocycles. The number of nitrogens with zero attached hydrogens (tertiary/aromatic N) is 3. The first kappa shape index (κ1) is 12.7. The molecule has 2 heterocycles. The molecule has 0 atom stereocenters. The van der Waals surface area contributed by atoms with Gasteiger partial charge in [-0.25, -0.2) is 18.4 Å². The van der Waals surface area contributed by atoms with Gasteiger partial charge in [-0.1, -0.05) is 18.2 Å². The summed E-state index contributed by atoms with van der Waals surface area (Å²) in [5.41, 5.74) is 1.07. The van der Waals surface area contributed by atoms with Crippen molar-refractivity contribution >= 4 is 17.7 Å². The van der Waals surface area contributed by atoms with Gasteiger partial charge in [-0.2, -0.15) is 5.10 Å². The van der Waals surface area contributed by atoms with Gasteiger partial charge in [-0.15, -0.1) is 0 Å². The number of aryl methyl sites for hydroxylation is 1. The van der Waals surface area contributed by atoms with E-state index >= 15 is 0 Å². The monoisotopic (exact) mass is 269 g/mol. The van der Waals surface area contributed by atoms with E-state index in [1.165, 1.54) is 22.9 Å². The zero-order chi connectivity index (χ0) is 13.3. The molecule has 3 nitrogen and oxygen atoms in total. The molecular formula is C12H10ClF2N3. The summed E-state index contributed by atoms with van der Waals surface area (Å²) in [5, 5.41) is 4.27. The number of alkyl halides is 2. The third-order valence-electron chi connectivity index (χ3n) is 2.42. The maximum absolute atomic E-state index is 12.9. The molecule has 2 aromatic heterocycles. The zero-order valence-corrected chi connectivity index (χ0v) is 10.3. The van der Waals surface area contributed by atoms with Gasteiger partial charge in [0.1, 0.15) is 5.15 Å². The Morgan fingerprint density at radius 3 is 2.72 bits per heavy atom. The summed E-state index contributed by atoms with van der Waals surface area (Å²) in [6.45, 7) is 5.33. The summed E-state index contributed by atoms with van der Waals surface area (Å²) in [6, 6.07) is 4.31. The fourth-order valence-electron chi connectivity index (χ4n) is 1.59. The minimum Gasteiger partial charge on any atom is -0.219 e. The Bertz CT molecular complexity index is 593. The second-order valence-electron chi connectivity index (χ2n) is 3.67. The zero-order valence-electron chi connectivity index (χ0n) is 9.57. The van der Waals surface area contributed by atoms with Crippen LogP contribution >= 0.6 is 11.6 Å².